The van der Waals surface area contributed by atoms with E-state index in [0.29, 0.717) is 26.5 Å². The van der Waals surface area contributed by atoms with Gasteiger partial charge in [-0.05, 0) is 52.5 Å². The first kappa shape index (κ1) is 21.4. The third-order valence-corrected chi connectivity index (χ3v) is 5.01. The fourth-order valence-electron chi connectivity index (χ4n) is 2.54. The summed E-state index contributed by atoms with van der Waals surface area (Å²) in [5.41, 5.74) is 0.682. The highest BCUT2D eigenvalue weighted by atomic mass is 79.9. The molecule has 0 unspecified atom stereocenters. The average molecular weight is 501 g/mol. The molecule has 0 aliphatic heterocycles. The average Bonchev–Trinajstić information content (AvgIpc) is 2.63. The number of phenols is 1. The van der Waals surface area contributed by atoms with E-state index in [0.717, 1.165) is 0 Å². The third kappa shape index (κ3) is 5.79. The van der Waals surface area contributed by atoms with Crippen LogP contribution in [-0.2, 0) is 4.74 Å². The second kappa shape index (κ2) is 9.87. The van der Waals surface area contributed by atoms with E-state index in [1.54, 1.807) is 49.4 Å². The predicted molar refractivity (Wildman–Crippen MR) is 108 cm³/mol. The van der Waals surface area contributed by atoms with E-state index in [-0.39, 0.29) is 18.3 Å². The Hall–Kier alpha value is -1.90. The molecule has 0 aliphatic carbocycles. The molecule has 6 nitrogen and oxygen atoms in total. The van der Waals surface area contributed by atoms with Gasteiger partial charge in [-0.1, -0.05) is 41.1 Å². The number of imide groups is 1. The van der Waals surface area contributed by atoms with Gasteiger partial charge in [0.1, 0.15) is 11.9 Å². The van der Waals surface area contributed by atoms with Crippen LogP contribution in [0.1, 0.15) is 35.4 Å². The van der Waals surface area contributed by atoms with Crippen LogP contribution in [0.3, 0.4) is 0 Å². The van der Waals surface area contributed by atoms with Gasteiger partial charge in [0.05, 0.1) is 4.47 Å². The molecule has 0 saturated heterocycles. The van der Waals surface area contributed by atoms with Gasteiger partial charge in [0.15, 0.2) is 0 Å². The van der Waals surface area contributed by atoms with Crippen LogP contribution in [0, 0.1) is 5.92 Å². The Bertz CT molecular complexity index is 813. The molecule has 8 heteroatoms. The number of alkyl carbamates (subject to hydrolysis) is 1. The first-order valence-electron chi connectivity index (χ1n) is 8.19. The summed E-state index contributed by atoms with van der Waals surface area (Å²) in [7, 11) is 0. The Balaban J connectivity index is 2.22. The molecule has 0 bridgehead atoms. The van der Waals surface area contributed by atoms with Crippen molar-refractivity contribution in [3.8, 4) is 5.75 Å². The number of carbonyl (C=O) groups is 2. The van der Waals surface area contributed by atoms with E-state index in [2.05, 4.69) is 37.2 Å². The van der Waals surface area contributed by atoms with Crippen molar-refractivity contribution in [1.29, 1.82) is 0 Å². The fraction of sp³-hybridized carbons (Fsp3) is 0.263. The number of amides is 2. The van der Waals surface area contributed by atoms with Crippen LogP contribution in [0.15, 0.2) is 51.4 Å². The lowest BCUT2D eigenvalue weighted by Crippen LogP contribution is -2.33. The minimum absolute atomic E-state index is 0.0739. The van der Waals surface area contributed by atoms with Crippen molar-refractivity contribution in [1.82, 2.24) is 5.32 Å². The first-order valence-corrected chi connectivity index (χ1v) is 9.77. The zero-order valence-electron chi connectivity index (χ0n) is 14.5. The van der Waals surface area contributed by atoms with E-state index < -0.39 is 18.1 Å². The van der Waals surface area contributed by atoms with Crippen LogP contribution in [0.2, 0.25) is 0 Å². The summed E-state index contributed by atoms with van der Waals surface area (Å²) in [4.78, 5) is 24.4. The summed E-state index contributed by atoms with van der Waals surface area (Å²) in [6.45, 7) is 1.67. The number of aliphatic hydroxyl groups excluding tert-OH is 1. The lowest BCUT2D eigenvalue weighted by Gasteiger charge is -2.25. The van der Waals surface area contributed by atoms with Gasteiger partial charge < -0.3 is 14.9 Å². The van der Waals surface area contributed by atoms with E-state index in [1.165, 1.54) is 0 Å². The molecule has 0 heterocycles. The second-order valence-corrected chi connectivity index (χ2v) is 7.73. The quantitative estimate of drug-likeness (QED) is 0.541. The van der Waals surface area contributed by atoms with Crippen molar-refractivity contribution in [3.05, 3.63) is 62.5 Å². The highest BCUT2D eigenvalue weighted by Gasteiger charge is 2.28. The van der Waals surface area contributed by atoms with Gasteiger partial charge in [0.2, 0.25) is 0 Å². The summed E-state index contributed by atoms with van der Waals surface area (Å²) in [5.74, 6) is -0.969. The molecule has 0 aromatic heterocycles. The number of carbonyl (C=O) groups excluding carboxylic acids is 2. The number of aliphatic hydroxyl groups is 1. The van der Waals surface area contributed by atoms with Gasteiger partial charge in [-0.3, -0.25) is 10.1 Å². The van der Waals surface area contributed by atoms with Crippen LogP contribution >= 0.6 is 31.9 Å². The lowest BCUT2D eigenvalue weighted by atomic mass is 9.94. The van der Waals surface area contributed by atoms with Crippen LogP contribution in [-0.4, -0.2) is 28.8 Å². The third-order valence-electron chi connectivity index (χ3n) is 3.95. The molecule has 144 valence electrons. The molecule has 0 spiro atoms. The summed E-state index contributed by atoms with van der Waals surface area (Å²) >= 11 is 6.59. The molecule has 2 rings (SSSR count). The van der Waals surface area contributed by atoms with Gasteiger partial charge in [-0.15, -0.1) is 0 Å². The summed E-state index contributed by atoms with van der Waals surface area (Å²) in [6.07, 6.45) is -1.46. The van der Waals surface area contributed by atoms with Crippen molar-refractivity contribution >= 4 is 43.9 Å². The normalized spacial score (nSPS) is 12.9. The Labute approximate surface area is 173 Å². The zero-order valence-corrected chi connectivity index (χ0v) is 17.7. The Kier molecular flexibility index (Phi) is 7.82. The molecule has 2 atom stereocenters. The number of benzene rings is 2. The standard InChI is InChI=1S/C19H19Br2NO5/c1-11(7-8-23)17(14-9-13(20)10-15(21)16(14)24)27-19(26)22-18(25)12-5-3-2-4-6-12/h2-6,9-11,17,23-24H,7-8H2,1H3,(H,22,25,26)/t11-,17+/m0/s1. The Morgan fingerprint density at radius 3 is 2.48 bits per heavy atom. The topological polar surface area (TPSA) is 95.9 Å². The summed E-state index contributed by atoms with van der Waals surface area (Å²) in [6, 6.07) is 11.6. The molecule has 0 aliphatic rings. The molecular formula is C19H19Br2NO5. The van der Waals surface area contributed by atoms with E-state index in [1.807, 2.05) is 0 Å². The van der Waals surface area contributed by atoms with Crippen LogP contribution in [0.4, 0.5) is 4.79 Å². The highest BCUT2D eigenvalue weighted by molar-refractivity contribution is 9.11. The highest BCUT2D eigenvalue weighted by Crippen LogP contribution is 2.40. The maximum Gasteiger partial charge on any atom is 0.414 e. The molecule has 3 N–H and O–H groups in total. The number of aromatic hydroxyl groups is 1. The van der Waals surface area contributed by atoms with Crippen molar-refractivity contribution in [2.45, 2.75) is 19.4 Å². The maximum atomic E-state index is 12.3. The van der Waals surface area contributed by atoms with Gasteiger partial charge >= 0.3 is 6.09 Å². The zero-order chi connectivity index (χ0) is 20.0. The smallest absolute Gasteiger partial charge is 0.414 e. The van der Waals surface area contributed by atoms with Crippen molar-refractivity contribution in [2.24, 2.45) is 5.92 Å². The van der Waals surface area contributed by atoms with Gasteiger partial charge in [-0.2, -0.15) is 0 Å². The summed E-state index contributed by atoms with van der Waals surface area (Å²) < 4.78 is 6.55. The number of nitrogens with one attached hydrogen (secondary N) is 1. The number of phenolic OH excluding ortho intramolecular Hbond substituents is 1. The predicted octanol–water partition coefficient (Wildman–Crippen LogP) is 4.54. The fourth-order valence-corrected chi connectivity index (χ4v) is 3.80. The monoisotopic (exact) mass is 499 g/mol. The Morgan fingerprint density at radius 1 is 1.19 bits per heavy atom. The lowest BCUT2D eigenvalue weighted by molar-refractivity contribution is 0.0532. The number of ether oxygens (including phenoxy) is 1. The van der Waals surface area contributed by atoms with Gasteiger partial charge in [-0.25, -0.2) is 4.79 Å². The Morgan fingerprint density at radius 2 is 1.85 bits per heavy atom. The van der Waals surface area contributed by atoms with E-state index in [9.17, 15) is 19.8 Å². The van der Waals surface area contributed by atoms with Crippen molar-refractivity contribution in [3.63, 3.8) is 0 Å². The van der Waals surface area contributed by atoms with Crippen LogP contribution in [0.5, 0.6) is 5.75 Å². The molecular weight excluding hydrogens is 482 g/mol. The number of hydrogen-bond donors (Lipinski definition) is 3. The number of halogens is 2. The molecule has 2 aromatic rings. The molecule has 2 amide bonds. The second-order valence-electron chi connectivity index (χ2n) is 5.96. The number of hydrogen-bond acceptors (Lipinski definition) is 5. The molecule has 0 saturated carbocycles. The largest absolute Gasteiger partial charge is 0.506 e. The summed E-state index contributed by atoms with van der Waals surface area (Å²) in [5, 5.41) is 21.8. The molecule has 27 heavy (non-hydrogen) atoms. The van der Waals surface area contributed by atoms with Gasteiger partial charge in [0, 0.05) is 22.2 Å². The number of rotatable bonds is 6. The van der Waals surface area contributed by atoms with E-state index >= 15 is 0 Å². The minimum Gasteiger partial charge on any atom is -0.506 e. The SMILES string of the molecule is C[C@@H](CCO)[C@@H](OC(=O)NC(=O)c1ccccc1)c1cc(Br)cc(Br)c1O. The van der Waals surface area contributed by atoms with E-state index in [4.69, 9.17) is 4.74 Å². The molecule has 2 aromatic carbocycles. The first-order chi connectivity index (χ1) is 12.8. The van der Waals surface area contributed by atoms with Crippen molar-refractivity contribution in [2.75, 3.05) is 6.61 Å². The van der Waals surface area contributed by atoms with Crippen LogP contribution < -0.4 is 5.32 Å². The maximum absolute atomic E-state index is 12.3. The minimum atomic E-state index is -0.936. The van der Waals surface area contributed by atoms with Crippen LogP contribution in [0.25, 0.3) is 0 Å². The van der Waals surface area contributed by atoms with Gasteiger partial charge in [0.25, 0.3) is 5.91 Å². The molecule has 0 fully saturated rings. The molecule has 0 radical (unpaired) electrons. The van der Waals surface area contributed by atoms with Crippen molar-refractivity contribution < 1.29 is 24.5 Å².